The number of thioether (sulfide) groups is 1. The molecule has 1 aliphatic heterocycles. The quantitative estimate of drug-likeness (QED) is 0.625. The predicted octanol–water partition coefficient (Wildman–Crippen LogP) is 2.13. The number of hydrogen-bond acceptors (Lipinski definition) is 3. The number of nitrogens with zero attached hydrogens (tertiary/aromatic N) is 1. The molecule has 0 radical (unpaired) electrons. The number of aliphatic hydroxyl groups is 1. The summed E-state index contributed by atoms with van der Waals surface area (Å²) in [5.74, 6) is -0.0300. The van der Waals surface area contributed by atoms with Crippen molar-refractivity contribution in [2.75, 3.05) is 12.9 Å². The van der Waals surface area contributed by atoms with Gasteiger partial charge in [-0.05, 0) is 11.3 Å². The van der Waals surface area contributed by atoms with Gasteiger partial charge in [-0.3, -0.25) is 4.79 Å². The van der Waals surface area contributed by atoms with Crippen LogP contribution in [0.3, 0.4) is 0 Å². The van der Waals surface area contributed by atoms with Crippen LogP contribution in [0.4, 0.5) is 0 Å². The largest absolute Gasteiger partial charge is 0.395 e. The number of hydrogen-bond donors (Lipinski definition) is 1. The van der Waals surface area contributed by atoms with E-state index in [1.807, 2.05) is 6.26 Å². The highest BCUT2D eigenvalue weighted by Crippen LogP contribution is 2.46. The van der Waals surface area contributed by atoms with E-state index in [1.165, 1.54) is 0 Å². The number of carbonyl (C=O) groups excluding carboxylic acids is 1. The van der Waals surface area contributed by atoms with Crippen LogP contribution in [-0.2, 0) is 4.79 Å². The molecule has 0 aromatic carbocycles. The van der Waals surface area contributed by atoms with Gasteiger partial charge in [0.25, 0.3) is 0 Å². The lowest BCUT2D eigenvalue weighted by molar-refractivity contribution is -0.145. The maximum atomic E-state index is 12.0. The molecule has 1 N–H and O–H groups in total. The molecule has 16 heavy (non-hydrogen) atoms. The zero-order chi connectivity index (χ0) is 12.7. The molecule has 0 bridgehead atoms. The van der Waals surface area contributed by atoms with Gasteiger partial charge in [-0.25, -0.2) is 0 Å². The Kier molecular flexibility index (Phi) is 3.82. The highest BCUT2D eigenvalue weighted by Gasteiger charge is 2.56. The first-order chi connectivity index (χ1) is 7.18. The third kappa shape index (κ3) is 1.93. The van der Waals surface area contributed by atoms with Crippen molar-refractivity contribution in [3.05, 3.63) is 0 Å². The van der Waals surface area contributed by atoms with E-state index in [4.69, 9.17) is 0 Å². The van der Waals surface area contributed by atoms with Crippen LogP contribution in [0.15, 0.2) is 0 Å². The standard InChI is InChI=1S/C11H23NO2SSi/c1-11(2,3)16(5,6)12-9(14)8(7-13)10(12)15-4/h8,10,13H,7H2,1-6H3/t8-,10+/m0/s1. The van der Waals surface area contributed by atoms with Crippen LogP contribution in [0.25, 0.3) is 0 Å². The molecular formula is C11H23NO2SSi. The van der Waals surface area contributed by atoms with Gasteiger partial charge in [-0.15, -0.1) is 11.8 Å². The van der Waals surface area contributed by atoms with Gasteiger partial charge in [0.1, 0.15) is 0 Å². The number of carbonyl (C=O) groups is 1. The number of β-lactam (4-membered cyclic amide) rings is 1. The lowest BCUT2D eigenvalue weighted by Gasteiger charge is -2.57. The van der Waals surface area contributed by atoms with Crippen molar-refractivity contribution in [2.24, 2.45) is 5.92 Å². The number of amides is 1. The zero-order valence-corrected chi connectivity index (χ0v) is 12.9. The minimum Gasteiger partial charge on any atom is -0.395 e. The molecule has 1 heterocycles. The average Bonchev–Trinajstić information content (AvgIpc) is 2.12. The first-order valence-electron chi connectivity index (χ1n) is 5.65. The summed E-state index contributed by atoms with van der Waals surface area (Å²) in [6, 6.07) is 0. The monoisotopic (exact) mass is 261 g/mol. The molecule has 1 amide bonds. The van der Waals surface area contributed by atoms with E-state index in [2.05, 4.69) is 38.4 Å². The number of rotatable bonds is 3. The Bertz CT molecular complexity index is 288. The van der Waals surface area contributed by atoms with Gasteiger partial charge in [-0.1, -0.05) is 33.9 Å². The Balaban J connectivity index is 2.94. The molecule has 1 aliphatic rings. The molecule has 3 nitrogen and oxygen atoms in total. The van der Waals surface area contributed by atoms with Gasteiger partial charge in [0.15, 0.2) is 8.24 Å². The van der Waals surface area contributed by atoms with Crippen LogP contribution in [0.5, 0.6) is 0 Å². The van der Waals surface area contributed by atoms with E-state index in [0.717, 1.165) is 0 Å². The van der Waals surface area contributed by atoms with Crippen molar-refractivity contribution >= 4 is 25.9 Å². The molecule has 5 heteroatoms. The topological polar surface area (TPSA) is 40.5 Å². The number of aliphatic hydroxyl groups excluding tert-OH is 1. The molecule has 1 saturated heterocycles. The summed E-state index contributed by atoms with van der Waals surface area (Å²) in [6.45, 7) is 11.1. The van der Waals surface area contributed by atoms with E-state index in [0.29, 0.717) is 0 Å². The predicted molar refractivity (Wildman–Crippen MR) is 71.9 cm³/mol. The second-order valence-corrected chi connectivity index (χ2v) is 12.0. The van der Waals surface area contributed by atoms with E-state index in [1.54, 1.807) is 11.8 Å². The Morgan fingerprint density at radius 2 is 1.94 bits per heavy atom. The molecule has 0 aliphatic carbocycles. The lowest BCUT2D eigenvalue weighted by Crippen LogP contribution is -2.72. The van der Waals surface area contributed by atoms with Gasteiger partial charge in [-0.2, -0.15) is 0 Å². The summed E-state index contributed by atoms with van der Waals surface area (Å²) in [6.07, 6.45) is 2.01. The summed E-state index contributed by atoms with van der Waals surface area (Å²) < 4.78 is 2.07. The van der Waals surface area contributed by atoms with Gasteiger partial charge < -0.3 is 9.67 Å². The molecule has 0 unspecified atom stereocenters. The third-order valence-electron chi connectivity index (χ3n) is 4.03. The van der Waals surface area contributed by atoms with Gasteiger partial charge in [0.05, 0.1) is 17.9 Å². The van der Waals surface area contributed by atoms with E-state index in [-0.39, 0.29) is 28.8 Å². The molecule has 2 atom stereocenters. The van der Waals surface area contributed by atoms with Crippen LogP contribution in [0.2, 0.25) is 18.1 Å². The minimum atomic E-state index is -1.77. The Hall–Kier alpha value is -0.00312. The summed E-state index contributed by atoms with van der Waals surface area (Å²) in [7, 11) is -1.77. The SMILES string of the molecule is CS[C@@H]1[C@@H](CO)C(=O)N1[Si](C)(C)C(C)(C)C. The smallest absolute Gasteiger partial charge is 0.223 e. The fourth-order valence-electron chi connectivity index (χ4n) is 1.92. The normalized spacial score (nSPS) is 26.9. The van der Waals surface area contributed by atoms with Gasteiger partial charge in [0, 0.05) is 0 Å². The summed E-state index contributed by atoms with van der Waals surface area (Å²) in [5.41, 5.74) is 0. The maximum absolute atomic E-state index is 12.0. The molecular weight excluding hydrogens is 238 g/mol. The summed E-state index contributed by atoms with van der Waals surface area (Å²) >= 11 is 1.68. The molecule has 0 aromatic rings. The Morgan fingerprint density at radius 3 is 2.25 bits per heavy atom. The molecule has 0 saturated carbocycles. The highest BCUT2D eigenvalue weighted by molar-refractivity contribution is 7.99. The zero-order valence-electron chi connectivity index (χ0n) is 11.1. The fraction of sp³-hybridized carbons (Fsp3) is 0.909. The molecule has 1 rings (SSSR count). The average molecular weight is 261 g/mol. The second-order valence-electron chi connectivity index (χ2n) is 5.93. The van der Waals surface area contributed by atoms with Crippen molar-refractivity contribution in [3.8, 4) is 0 Å². The fourth-order valence-corrected chi connectivity index (χ4v) is 6.12. The van der Waals surface area contributed by atoms with Crippen molar-refractivity contribution in [1.29, 1.82) is 0 Å². The van der Waals surface area contributed by atoms with Gasteiger partial charge in [0.2, 0.25) is 5.91 Å². The Labute approximate surface area is 104 Å². The van der Waals surface area contributed by atoms with Crippen LogP contribution >= 0.6 is 11.8 Å². The van der Waals surface area contributed by atoms with E-state index >= 15 is 0 Å². The van der Waals surface area contributed by atoms with E-state index < -0.39 is 8.24 Å². The van der Waals surface area contributed by atoms with Crippen molar-refractivity contribution in [3.63, 3.8) is 0 Å². The van der Waals surface area contributed by atoms with Crippen molar-refractivity contribution in [1.82, 2.24) is 4.57 Å². The van der Waals surface area contributed by atoms with Crippen LogP contribution in [-0.4, -0.2) is 42.1 Å². The van der Waals surface area contributed by atoms with Crippen LogP contribution < -0.4 is 0 Å². The lowest BCUT2D eigenvalue weighted by atomic mass is 10.0. The second kappa shape index (κ2) is 4.35. The molecule has 0 spiro atoms. The first-order valence-corrected chi connectivity index (χ1v) is 9.89. The van der Waals surface area contributed by atoms with Gasteiger partial charge >= 0.3 is 0 Å². The highest BCUT2D eigenvalue weighted by atomic mass is 32.2. The van der Waals surface area contributed by atoms with Crippen LogP contribution in [0.1, 0.15) is 20.8 Å². The van der Waals surface area contributed by atoms with Crippen molar-refractivity contribution < 1.29 is 9.90 Å². The van der Waals surface area contributed by atoms with Crippen LogP contribution in [0, 0.1) is 5.92 Å². The summed E-state index contributed by atoms with van der Waals surface area (Å²) in [4.78, 5) is 12.0. The molecule has 94 valence electrons. The van der Waals surface area contributed by atoms with Crippen molar-refractivity contribution in [2.45, 2.75) is 44.3 Å². The van der Waals surface area contributed by atoms with E-state index in [9.17, 15) is 9.90 Å². The summed E-state index contributed by atoms with van der Waals surface area (Å²) in [5, 5.41) is 9.54. The first kappa shape index (κ1) is 14.1. The molecule has 1 fully saturated rings. The Morgan fingerprint density at radius 1 is 1.44 bits per heavy atom. The maximum Gasteiger partial charge on any atom is 0.223 e. The molecule has 0 aromatic heterocycles. The third-order valence-corrected chi connectivity index (χ3v) is 10.6. The minimum absolute atomic E-state index is 0.0184.